The molecule has 0 radical (unpaired) electrons. The number of esters is 1. The molecule has 7 nitrogen and oxygen atoms in total. The number of carbonyl (C=O) groups excluding carboxylic acids is 3. The maximum atomic E-state index is 12.6. The van der Waals surface area contributed by atoms with E-state index >= 15 is 0 Å². The number of nitrogens with one attached hydrogen (secondary N) is 2. The number of terminal acetylenes is 1. The van der Waals surface area contributed by atoms with Crippen LogP contribution in [0.5, 0.6) is 0 Å². The highest BCUT2D eigenvalue weighted by molar-refractivity contribution is 5.82. The van der Waals surface area contributed by atoms with Crippen molar-refractivity contribution in [3.05, 3.63) is 11.6 Å². The number of hydrogen-bond acceptors (Lipinski definition) is 5. The Morgan fingerprint density at radius 1 is 1.46 bits per heavy atom. The summed E-state index contributed by atoms with van der Waals surface area (Å²) >= 11 is 0. The van der Waals surface area contributed by atoms with E-state index in [1.807, 2.05) is 0 Å². The van der Waals surface area contributed by atoms with Crippen molar-refractivity contribution in [2.75, 3.05) is 32.8 Å². The molecule has 2 heterocycles. The van der Waals surface area contributed by atoms with Gasteiger partial charge in [-0.3, -0.25) is 14.4 Å². The van der Waals surface area contributed by atoms with Gasteiger partial charge >= 0.3 is 5.97 Å². The molecule has 2 aliphatic heterocycles. The van der Waals surface area contributed by atoms with Crippen LogP contribution in [-0.2, 0) is 19.1 Å². The lowest BCUT2D eigenvalue weighted by atomic mass is 9.95. The summed E-state index contributed by atoms with van der Waals surface area (Å²) in [6.45, 7) is 4.92. The zero-order valence-electron chi connectivity index (χ0n) is 16.7. The number of ether oxygens (including phenoxy) is 1. The lowest BCUT2D eigenvalue weighted by molar-refractivity contribution is -0.143. The monoisotopic (exact) mass is 389 g/mol. The van der Waals surface area contributed by atoms with Crippen LogP contribution >= 0.6 is 0 Å². The molecule has 0 aromatic heterocycles. The number of piperidine rings is 1. The summed E-state index contributed by atoms with van der Waals surface area (Å²) in [6.07, 6.45) is 11.3. The third kappa shape index (κ3) is 7.01. The van der Waals surface area contributed by atoms with E-state index in [0.29, 0.717) is 25.9 Å². The maximum absolute atomic E-state index is 12.6. The van der Waals surface area contributed by atoms with Crippen molar-refractivity contribution in [3.63, 3.8) is 0 Å². The van der Waals surface area contributed by atoms with Crippen LogP contribution in [0.25, 0.3) is 0 Å². The average molecular weight is 389 g/mol. The van der Waals surface area contributed by atoms with Crippen molar-refractivity contribution in [2.45, 2.75) is 51.5 Å². The minimum absolute atomic E-state index is 0.0462. The standard InChI is InChI=1S/C21H31N3O4/c1-3-18(14-20(26)28-4-2)23-21(27)17-6-5-13-24(15-17)19(25)8-7-16-9-11-22-12-10-16/h1,9,17-18,22H,4-8,10-15H2,2H3,(H,23,27)/t17-,18?/m1/s1. The van der Waals surface area contributed by atoms with Crippen molar-refractivity contribution < 1.29 is 19.1 Å². The minimum atomic E-state index is -0.690. The van der Waals surface area contributed by atoms with Crippen molar-refractivity contribution in [1.29, 1.82) is 0 Å². The highest BCUT2D eigenvalue weighted by Crippen LogP contribution is 2.20. The Hall–Kier alpha value is -2.33. The zero-order valence-corrected chi connectivity index (χ0v) is 16.7. The Labute approximate surface area is 167 Å². The normalized spacial score (nSPS) is 20.5. The van der Waals surface area contributed by atoms with E-state index < -0.39 is 12.0 Å². The van der Waals surface area contributed by atoms with Gasteiger partial charge in [0.1, 0.15) is 6.04 Å². The van der Waals surface area contributed by atoms with Gasteiger partial charge in [0.05, 0.1) is 18.9 Å². The summed E-state index contributed by atoms with van der Waals surface area (Å²) in [5.74, 6) is 1.59. The van der Waals surface area contributed by atoms with Gasteiger partial charge in [0, 0.05) is 26.1 Å². The second kappa shape index (κ2) is 11.5. The summed E-state index contributed by atoms with van der Waals surface area (Å²) in [5.41, 5.74) is 1.33. The van der Waals surface area contributed by atoms with Crippen LogP contribution in [-0.4, -0.2) is 61.5 Å². The Bertz CT molecular complexity index is 638. The van der Waals surface area contributed by atoms with Crippen LogP contribution in [0.15, 0.2) is 11.6 Å². The second-order valence-corrected chi connectivity index (χ2v) is 7.23. The van der Waals surface area contributed by atoms with E-state index in [2.05, 4.69) is 22.6 Å². The highest BCUT2D eigenvalue weighted by Gasteiger charge is 2.29. The number of amides is 2. The van der Waals surface area contributed by atoms with E-state index in [1.54, 1.807) is 11.8 Å². The fourth-order valence-corrected chi connectivity index (χ4v) is 3.57. The molecule has 28 heavy (non-hydrogen) atoms. The van der Waals surface area contributed by atoms with E-state index in [1.165, 1.54) is 5.57 Å². The molecule has 0 aliphatic carbocycles. The van der Waals surface area contributed by atoms with Crippen LogP contribution in [0, 0.1) is 18.3 Å². The van der Waals surface area contributed by atoms with Crippen LogP contribution in [0.4, 0.5) is 0 Å². The third-order valence-electron chi connectivity index (χ3n) is 5.16. The molecule has 2 rings (SSSR count). The number of rotatable bonds is 8. The summed E-state index contributed by atoms with van der Waals surface area (Å²) in [7, 11) is 0. The Morgan fingerprint density at radius 3 is 2.96 bits per heavy atom. The van der Waals surface area contributed by atoms with Gasteiger partial charge in [-0.15, -0.1) is 6.42 Å². The molecule has 1 saturated heterocycles. The lowest BCUT2D eigenvalue weighted by Crippen LogP contribution is -2.47. The molecular weight excluding hydrogens is 358 g/mol. The number of carbonyl (C=O) groups is 3. The molecule has 2 amide bonds. The smallest absolute Gasteiger partial charge is 0.308 e. The van der Waals surface area contributed by atoms with Crippen LogP contribution in [0.1, 0.15) is 45.4 Å². The van der Waals surface area contributed by atoms with Gasteiger partial charge in [0.25, 0.3) is 0 Å². The Morgan fingerprint density at radius 2 is 2.29 bits per heavy atom. The van der Waals surface area contributed by atoms with Gasteiger partial charge in [0.2, 0.25) is 11.8 Å². The number of nitrogens with zero attached hydrogens (tertiary/aromatic N) is 1. The first kappa shape index (κ1) is 22.0. The third-order valence-corrected chi connectivity index (χ3v) is 5.16. The summed E-state index contributed by atoms with van der Waals surface area (Å²) < 4.78 is 4.88. The maximum Gasteiger partial charge on any atom is 0.308 e. The zero-order chi connectivity index (χ0) is 20.4. The topological polar surface area (TPSA) is 87.7 Å². The van der Waals surface area contributed by atoms with Gasteiger partial charge in [-0.1, -0.05) is 17.6 Å². The molecule has 0 aromatic carbocycles. The highest BCUT2D eigenvalue weighted by atomic mass is 16.5. The first-order chi connectivity index (χ1) is 13.5. The van der Waals surface area contributed by atoms with Gasteiger partial charge in [-0.2, -0.15) is 0 Å². The van der Waals surface area contributed by atoms with E-state index in [4.69, 9.17) is 11.2 Å². The fraction of sp³-hybridized carbons (Fsp3) is 0.667. The van der Waals surface area contributed by atoms with Gasteiger partial charge in [0.15, 0.2) is 0 Å². The van der Waals surface area contributed by atoms with Crippen molar-refractivity contribution in [2.24, 2.45) is 5.92 Å². The number of hydrogen-bond donors (Lipinski definition) is 2. The summed E-state index contributed by atoms with van der Waals surface area (Å²) in [4.78, 5) is 38.5. The summed E-state index contributed by atoms with van der Waals surface area (Å²) in [6, 6.07) is -0.690. The predicted octanol–water partition coefficient (Wildman–Crippen LogP) is 0.996. The van der Waals surface area contributed by atoms with Crippen LogP contribution in [0.2, 0.25) is 0 Å². The van der Waals surface area contributed by atoms with Gasteiger partial charge in [-0.25, -0.2) is 0 Å². The molecule has 154 valence electrons. The Kier molecular flexibility index (Phi) is 9.02. The molecule has 2 atom stereocenters. The van der Waals surface area contributed by atoms with Crippen LogP contribution in [0.3, 0.4) is 0 Å². The predicted molar refractivity (Wildman–Crippen MR) is 106 cm³/mol. The van der Waals surface area contributed by atoms with Crippen LogP contribution < -0.4 is 10.6 Å². The molecule has 7 heteroatoms. The molecule has 0 spiro atoms. The lowest BCUT2D eigenvalue weighted by Gasteiger charge is -2.32. The molecule has 0 bridgehead atoms. The van der Waals surface area contributed by atoms with Crippen molar-refractivity contribution in [3.8, 4) is 12.3 Å². The molecular formula is C21H31N3O4. The van der Waals surface area contributed by atoms with E-state index in [9.17, 15) is 14.4 Å². The molecule has 0 saturated carbocycles. The first-order valence-corrected chi connectivity index (χ1v) is 10.1. The van der Waals surface area contributed by atoms with Crippen molar-refractivity contribution in [1.82, 2.24) is 15.5 Å². The van der Waals surface area contributed by atoms with Crippen molar-refractivity contribution >= 4 is 17.8 Å². The minimum Gasteiger partial charge on any atom is -0.466 e. The SMILES string of the molecule is C#CC(CC(=O)OCC)NC(=O)[C@@H]1CCCN(C(=O)CCC2=CCNCC2)C1. The van der Waals surface area contributed by atoms with Gasteiger partial charge in [-0.05, 0) is 39.2 Å². The molecule has 0 aromatic rings. The van der Waals surface area contributed by atoms with E-state index in [-0.39, 0.29) is 30.8 Å². The van der Waals surface area contributed by atoms with E-state index in [0.717, 1.165) is 32.4 Å². The first-order valence-electron chi connectivity index (χ1n) is 10.1. The quantitative estimate of drug-likeness (QED) is 0.367. The molecule has 2 aliphatic rings. The summed E-state index contributed by atoms with van der Waals surface area (Å²) in [5, 5.41) is 6.00. The second-order valence-electron chi connectivity index (χ2n) is 7.23. The Balaban J connectivity index is 1.81. The average Bonchev–Trinajstić information content (AvgIpc) is 2.72. The molecule has 2 N–H and O–H groups in total. The molecule has 1 unspecified atom stereocenters. The number of likely N-dealkylation sites (tertiary alicyclic amines) is 1. The van der Waals surface area contributed by atoms with Gasteiger partial charge < -0.3 is 20.3 Å². The molecule has 1 fully saturated rings. The largest absolute Gasteiger partial charge is 0.466 e. The fourth-order valence-electron chi connectivity index (χ4n) is 3.57.